The Morgan fingerprint density at radius 1 is 1.35 bits per heavy atom. The second kappa shape index (κ2) is 5.80. The fourth-order valence-electron chi connectivity index (χ4n) is 2.55. The number of rotatable bonds is 4. The normalized spacial score (nSPS) is 18.5. The number of nitrogens with zero attached hydrogens (tertiary/aromatic N) is 1. The first-order valence-corrected chi connectivity index (χ1v) is 6.50. The van der Waals surface area contributed by atoms with Gasteiger partial charge in [0.05, 0.1) is 0 Å². The Labute approximate surface area is 107 Å². The molecule has 1 aromatic rings. The molecule has 1 fully saturated rings. The molecule has 94 valence electrons. The summed E-state index contributed by atoms with van der Waals surface area (Å²) in [5, 5.41) is 0.510. The van der Waals surface area contributed by atoms with Gasteiger partial charge in [-0.15, -0.1) is 0 Å². The van der Waals surface area contributed by atoms with Crippen LogP contribution >= 0.6 is 11.6 Å². The van der Waals surface area contributed by atoms with Crippen molar-refractivity contribution >= 4 is 11.6 Å². The summed E-state index contributed by atoms with van der Waals surface area (Å²) in [6.45, 7) is 2.57. The summed E-state index contributed by atoms with van der Waals surface area (Å²) in [6, 6.07) is 4.89. The number of halogens is 2. The molecule has 2 nitrogen and oxygen atoms in total. The molecule has 0 spiro atoms. The molecule has 0 amide bonds. The van der Waals surface area contributed by atoms with Crippen LogP contribution in [-0.2, 0) is 0 Å². The summed E-state index contributed by atoms with van der Waals surface area (Å²) in [6.07, 6.45) is 3.10. The maximum absolute atomic E-state index is 13.9. The van der Waals surface area contributed by atoms with E-state index in [1.165, 1.54) is 18.9 Å². The molecule has 0 aromatic heterocycles. The fourth-order valence-corrected chi connectivity index (χ4v) is 2.84. The second-order valence-electron chi connectivity index (χ2n) is 4.47. The summed E-state index contributed by atoms with van der Waals surface area (Å²) in [4.78, 5) is 2.29. The van der Waals surface area contributed by atoms with Gasteiger partial charge in [-0.3, -0.25) is 4.90 Å². The Kier molecular flexibility index (Phi) is 4.37. The SMILES string of the molecule is NCCC(c1c(F)cccc1Cl)N1CCCC1. The number of hydrogen-bond donors (Lipinski definition) is 1. The zero-order valence-electron chi connectivity index (χ0n) is 9.83. The lowest BCUT2D eigenvalue weighted by Gasteiger charge is -2.28. The lowest BCUT2D eigenvalue weighted by molar-refractivity contribution is 0.231. The topological polar surface area (TPSA) is 29.3 Å². The highest BCUT2D eigenvalue weighted by Crippen LogP contribution is 2.34. The second-order valence-corrected chi connectivity index (χ2v) is 4.88. The highest BCUT2D eigenvalue weighted by Gasteiger charge is 2.26. The first-order valence-electron chi connectivity index (χ1n) is 6.12. The van der Waals surface area contributed by atoms with E-state index in [1.807, 2.05) is 0 Å². The molecule has 0 aliphatic carbocycles. The molecule has 0 bridgehead atoms. The number of nitrogens with two attached hydrogens (primary N) is 1. The van der Waals surface area contributed by atoms with Crippen LogP contribution in [-0.4, -0.2) is 24.5 Å². The molecule has 1 heterocycles. The molecule has 1 aliphatic heterocycles. The van der Waals surface area contributed by atoms with E-state index < -0.39 is 0 Å². The molecule has 1 saturated heterocycles. The van der Waals surface area contributed by atoms with E-state index in [2.05, 4.69) is 4.90 Å². The highest BCUT2D eigenvalue weighted by molar-refractivity contribution is 6.31. The third kappa shape index (κ3) is 2.79. The van der Waals surface area contributed by atoms with E-state index in [1.54, 1.807) is 12.1 Å². The van der Waals surface area contributed by atoms with Crippen molar-refractivity contribution < 1.29 is 4.39 Å². The van der Waals surface area contributed by atoms with Crippen LogP contribution in [0.4, 0.5) is 4.39 Å². The molecule has 1 atom stereocenters. The van der Waals surface area contributed by atoms with Gasteiger partial charge in [0.25, 0.3) is 0 Å². The van der Waals surface area contributed by atoms with E-state index in [4.69, 9.17) is 17.3 Å². The van der Waals surface area contributed by atoms with Gasteiger partial charge in [-0.25, -0.2) is 4.39 Å². The van der Waals surface area contributed by atoms with Crippen LogP contribution in [0.2, 0.25) is 5.02 Å². The van der Waals surface area contributed by atoms with Crippen LogP contribution in [0.15, 0.2) is 18.2 Å². The Morgan fingerprint density at radius 2 is 2.06 bits per heavy atom. The number of hydrogen-bond acceptors (Lipinski definition) is 2. The summed E-state index contributed by atoms with van der Waals surface area (Å²) >= 11 is 6.13. The van der Waals surface area contributed by atoms with Crippen molar-refractivity contribution in [2.24, 2.45) is 5.73 Å². The quantitative estimate of drug-likeness (QED) is 0.898. The maximum Gasteiger partial charge on any atom is 0.129 e. The molecule has 1 aliphatic rings. The van der Waals surface area contributed by atoms with Crippen molar-refractivity contribution in [3.05, 3.63) is 34.6 Å². The van der Waals surface area contributed by atoms with E-state index in [-0.39, 0.29) is 11.9 Å². The van der Waals surface area contributed by atoms with E-state index in [9.17, 15) is 4.39 Å². The Hall–Kier alpha value is -0.640. The predicted octanol–water partition coefficient (Wildman–Crippen LogP) is 2.96. The first kappa shape index (κ1) is 12.8. The zero-order chi connectivity index (χ0) is 12.3. The van der Waals surface area contributed by atoms with Crippen molar-refractivity contribution in [1.29, 1.82) is 0 Å². The monoisotopic (exact) mass is 256 g/mol. The van der Waals surface area contributed by atoms with Crippen LogP contribution in [0, 0.1) is 5.82 Å². The first-order chi connectivity index (χ1) is 8.24. The molecule has 2 N–H and O–H groups in total. The molecule has 1 aromatic carbocycles. The average molecular weight is 257 g/mol. The number of benzene rings is 1. The van der Waals surface area contributed by atoms with Gasteiger partial charge in [-0.05, 0) is 51.0 Å². The Morgan fingerprint density at radius 3 is 2.65 bits per heavy atom. The Bertz CT molecular complexity index is 357. The van der Waals surface area contributed by atoms with Crippen LogP contribution in [0.1, 0.15) is 30.9 Å². The van der Waals surface area contributed by atoms with E-state index in [0.717, 1.165) is 19.5 Å². The summed E-state index contributed by atoms with van der Waals surface area (Å²) in [7, 11) is 0. The summed E-state index contributed by atoms with van der Waals surface area (Å²) < 4.78 is 13.9. The van der Waals surface area contributed by atoms with Gasteiger partial charge in [-0.2, -0.15) is 0 Å². The summed E-state index contributed by atoms with van der Waals surface area (Å²) in [5.74, 6) is -0.220. The van der Waals surface area contributed by atoms with Crippen molar-refractivity contribution in [1.82, 2.24) is 4.90 Å². The van der Waals surface area contributed by atoms with Gasteiger partial charge >= 0.3 is 0 Å². The van der Waals surface area contributed by atoms with E-state index >= 15 is 0 Å². The minimum Gasteiger partial charge on any atom is -0.330 e. The molecule has 2 rings (SSSR count). The molecule has 0 saturated carbocycles. The summed E-state index contributed by atoms with van der Waals surface area (Å²) in [5.41, 5.74) is 6.25. The molecule has 17 heavy (non-hydrogen) atoms. The molecule has 0 radical (unpaired) electrons. The van der Waals surface area contributed by atoms with Gasteiger partial charge in [0, 0.05) is 16.6 Å². The van der Waals surface area contributed by atoms with Gasteiger partial charge in [0.15, 0.2) is 0 Å². The van der Waals surface area contributed by atoms with Crippen molar-refractivity contribution in [3.63, 3.8) is 0 Å². The standard InChI is InChI=1S/C13H18ClFN2/c14-10-4-3-5-11(15)13(10)12(6-7-16)17-8-1-2-9-17/h3-5,12H,1-2,6-9,16H2. The largest absolute Gasteiger partial charge is 0.330 e. The van der Waals surface area contributed by atoms with E-state index in [0.29, 0.717) is 17.1 Å². The van der Waals surface area contributed by atoms with Crippen molar-refractivity contribution in [2.75, 3.05) is 19.6 Å². The Balaban J connectivity index is 2.31. The fraction of sp³-hybridized carbons (Fsp3) is 0.538. The minimum atomic E-state index is -0.220. The minimum absolute atomic E-state index is 0.0243. The third-order valence-corrected chi connectivity index (χ3v) is 3.68. The molecule has 4 heteroatoms. The highest BCUT2D eigenvalue weighted by atomic mass is 35.5. The predicted molar refractivity (Wildman–Crippen MR) is 68.6 cm³/mol. The third-order valence-electron chi connectivity index (χ3n) is 3.35. The lowest BCUT2D eigenvalue weighted by atomic mass is 10.0. The smallest absolute Gasteiger partial charge is 0.129 e. The molecular weight excluding hydrogens is 239 g/mol. The van der Waals surface area contributed by atoms with Gasteiger partial charge in [0.2, 0.25) is 0 Å². The van der Waals surface area contributed by atoms with Gasteiger partial charge in [0.1, 0.15) is 5.82 Å². The number of likely N-dealkylation sites (tertiary alicyclic amines) is 1. The maximum atomic E-state index is 13.9. The van der Waals surface area contributed by atoms with Gasteiger partial charge in [-0.1, -0.05) is 17.7 Å². The average Bonchev–Trinajstić information content (AvgIpc) is 2.80. The van der Waals surface area contributed by atoms with Crippen LogP contribution in [0.25, 0.3) is 0 Å². The van der Waals surface area contributed by atoms with Crippen LogP contribution < -0.4 is 5.73 Å². The lowest BCUT2D eigenvalue weighted by Crippen LogP contribution is -2.28. The zero-order valence-corrected chi connectivity index (χ0v) is 10.6. The van der Waals surface area contributed by atoms with Gasteiger partial charge < -0.3 is 5.73 Å². The molecule has 1 unspecified atom stereocenters. The van der Waals surface area contributed by atoms with Crippen LogP contribution in [0.5, 0.6) is 0 Å². The van der Waals surface area contributed by atoms with Crippen molar-refractivity contribution in [2.45, 2.75) is 25.3 Å². The van der Waals surface area contributed by atoms with Crippen LogP contribution in [0.3, 0.4) is 0 Å². The molecular formula is C13H18ClFN2. The van der Waals surface area contributed by atoms with Crippen molar-refractivity contribution in [3.8, 4) is 0 Å².